The van der Waals surface area contributed by atoms with Gasteiger partial charge >= 0.3 is 5.97 Å². The molecule has 0 unspecified atom stereocenters. The number of aryl methyl sites for hydroxylation is 1. The molecule has 24 heavy (non-hydrogen) atoms. The minimum absolute atomic E-state index is 0.315. The fraction of sp³-hybridized carbons (Fsp3) is 0.412. The normalized spacial score (nSPS) is 10.6. The molecular weight excluding hydrogens is 312 g/mol. The van der Waals surface area contributed by atoms with E-state index in [4.69, 9.17) is 13.9 Å². The van der Waals surface area contributed by atoms with Crippen LogP contribution in [0.4, 0.5) is 0 Å². The van der Waals surface area contributed by atoms with E-state index >= 15 is 0 Å². The summed E-state index contributed by atoms with van der Waals surface area (Å²) < 4.78 is 17.2. The standard InChI is InChI=1S/C17H22N2O5/c1-12-9-15(13(2)19(12)10-14-5-4-7-23-14)17(21)24-11-16(20)18-6-8-22-3/h4-5,7,9H,6,8,10-11H2,1-3H3,(H,18,20). The zero-order chi connectivity index (χ0) is 17.5. The number of furan rings is 1. The van der Waals surface area contributed by atoms with Gasteiger partial charge in [-0.2, -0.15) is 0 Å². The first-order chi connectivity index (χ1) is 11.5. The molecule has 0 bridgehead atoms. The molecule has 0 radical (unpaired) electrons. The number of nitrogens with one attached hydrogen (secondary N) is 1. The maximum Gasteiger partial charge on any atom is 0.340 e. The summed E-state index contributed by atoms with van der Waals surface area (Å²) in [5.41, 5.74) is 2.14. The molecule has 0 aliphatic carbocycles. The van der Waals surface area contributed by atoms with E-state index in [0.717, 1.165) is 17.1 Å². The Morgan fingerprint density at radius 2 is 2.12 bits per heavy atom. The highest BCUT2D eigenvalue weighted by atomic mass is 16.5. The molecule has 2 rings (SSSR count). The molecule has 1 amide bonds. The molecule has 0 saturated carbocycles. The molecule has 130 valence electrons. The summed E-state index contributed by atoms with van der Waals surface area (Å²) in [6.07, 6.45) is 1.61. The lowest BCUT2D eigenvalue weighted by Crippen LogP contribution is -2.31. The van der Waals surface area contributed by atoms with Gasteiger partial charge in [0, 0.05) is 25.0 Å². The van der Waals surface area contributed by atoms with Crippen LogP contribution in [-0.2, 0) is 20.8 Å². The third-order valence-electron chi connectivity index (χ3n) is 3.65. The van der Waals surface area contributed by atoms with Crippen molar-refractivity contribution in [1.82, 2.24) is 9.88 Å². The Morgan fingerprint density at radius 3 is 2.79 bits per heavy atom. The molecule has 1 N–H and O–H groups in total. The van der Waals surface area contributed by atoms with Crippen LogP contribution in [0.25, 0.3) is 0 Å². The van der Waals surface area contributed by atoms with Crippen LogP contribution < -0.4 is 5.32 Å². The van der Waals surface area contributed by atoms with Gasteiger partial charge in [-0.15, -0.1) is 0 Å². The number of esters is 1. The van der Waals surface area contributed by atoms with Crippen LogP contribution >= 0.6 is 0 Å². The first kappa shape index (κ1) is 17.8. The summed E-state index contributed by atoms with van der Waals surface area (Å²) in [4.78, 5) is 23.8. The van der Waals surface area contributed by atoms with Crippen molar-refractivity contribution >= 4 is 11.9 Å². The SMILES string of the molecule is COCCNC(=O)COC(=O)c1cc(C)n(Cc2ccco2)c1C. The van der Waals surface area contributed by atoms with Gasteiger partial charge in [-0.3, -0.25) is 4.79 Å². The summed E-state index contributed by atoms with van der Waals surface area (Å²) in [6.45, 7) is 4.76. The second-order valence-corrected chi connectivity index (χ2v) is 5.37. The summed E-state index contributed by atoms with van der Waals surface area (Å²) in [5, 5.41) is 2.59. The summed E-state index contributed by atoms with van der Waals surface area (Å²) in [7, 11) is 1.55. The van der Waals surface area contributed by atoms with E-state index in [9.17, 15) is 9.59 Å². The zero-order valence-corrected chi connectivity index (χ0v) is 14.1. The van der Waals surface area contributed by atoms with Gasteiger partial charge in [0.15, 0.2) is 6.61 Å². The average molecular weight is 334 g/mol. The molecule has 0 aliphatic heterocycles. The van der Waals surface area contributed by atoms with Crippen molar-refractivity contribution in [2.24, 2.45) is 0 Å². The number of ether oxygens (including phenoxy) is 2. The van der Waals surface area contributed by atoms with E-state index in [1.807, 2.05) is 30.5 Å². The summed E-state index contributed by atoms with van der Waals surface area (Å²) >= 11 is 0. The maximum atomic E-state index is 12.2. The predicted molar refractivity (Wildman–Crippen MR) is 86.9 cm³/mol. The van der Waals surface area contributed by atoms with Crippen LogP contribution in [0.15, 0.2) is 28.9 Å². The highest BCUT2D eigenvalue weighted by molar-refractivity contribution is 5.92. The van der Waals surface area contributed by atoms with Crippen LogP contribution in [0.5, 0.6) is 0 Å². The van der Waals surface area contributed by atoms with E-state index in [0.29, 0.717) is 25.3 Å². The molecule has 0 fully saturated rings. The minimum atomic E-state index is -0.518. The molecule has 0 atom stereocenters. The Bertz CT molecular complexity index is 688. The Kier molecular flexibility index (Phi) is 6.20. The Balaban J connectivity index is 1.96. The van der Waals surface area contributed by atoms with Gasteiger partial charge in [-0.1, -0.05) is 0 Å². The van der Waals surface area contributed by atoms with Gasteiger partial charge in [0.2, 0.25) is 0 Å². The molecule has 0 aliphatic rings. The number of amides is 1. The summed E-state index contributed by atoms with van der Waals surface area (Å²) in [6, 6.07) is 5.45. The number of aromatic nitrogens is 1. The van der Waals surface area contributed by atoms with Crippen molar-refractivity contribution in [3.63, 3.8) is 0 Å². The largest absolute Gasteiger partial charge is 0.467 e. The Hall–Kier alpha value is -2.54. The maximum absolute atomic E-state index is 12.2. The van der Waals surface area contributed by atoms with E-state index in [1.165, 1.54) is 0 Å². The number of hydrogen-bond donors (Lipinski definition) is 1. The van der Waals surface area contributed by atoms with Crippen LogP contribution in [0, 0.1) is 13.8 Å². The lowest BCUT2D eigenvalue weighted by molar-refractivity contribution is -0.124. The van der Waals surface area contributed by atoms with Gasteiger partial charge < -0.3 is 23.8 Å². The highest BCUT2D eigenvalue weighted by Gasteiger charge is 2.18. The van der Waals surface area contributed by atoms with Crippen LogP contribution in [-0.4, -0.2) is 43.3 Å². The number of nitrogens with zero attached hydrogens (tertiary/aromatic N) is 1. The molecule has 0 aromatic carbocycles. The lowest BCUT2D eigenvalue weighted by Gasteiger charge is -2.08. The number of carbonyl (C=O) groups is 2. The molecule has 7 heteroatoms. The van der Waals surface area contributed by atoms with Crippen molar-refractivity contribution in [3.05, 3.63) is 47.2 Å². The number of carbonyl (C=O) groups excluding carboxylic acids is 2. The smallest absolute Gasteiger partial charge is 0.340 e. The number of rotatable bonds is 8. The molecule has 2 heterocycles. The highest BCUT2D eigenvalue weighted by Crippen LogP contribution is 2.18. The van der Waals surface area contributed by atoms with E-state index in [2.05, 4.69) is 5.32 Å². The number of methoxy groups -OCH3 is 1. The molecule has 0 spiro atoms. The quantitative estimate of drug-likeness (QED) is 0.586. The Morgan fingerprint density at radius 1 is 1.33 bits per heavy atom. The van der Waals surface area contributed by atoms with Crippen molar-refractivity contribution in [2.75, 3.05) is 26.9 Å². The molecule has 2 aromatic heterocycles. The minimum Gasteiger partial charge on any atom is -0.467 e. The monoisotopic (exact) mass is 334 g/mol. The average Bonchev–Trinajstić information content (AvgIpc) is 3.16. The van der Waals surface area contributed by atoms with Gasteiger partial charge in [0.05, 0.1) is 25.0 Å². The van der Waals surface area contributed by atoms with E-state index in [-0.39, 0.29) is 12.5 Å². The Labute approximate surface area is 140 Å². The van der Waals surface area contributed by atoms with E-state index in [1.54, 1.807) is 19.4 Å². The van der Waals surface area contributed by atoms with E-state index < -0.39 is 5.97 Å². The second kappa shape index (κ2) is 8.35. The van der Waals surface area contributed by atoms with Crippen molar-refractivity contribution in [1.29, 1.82) is 0 Å². The van der Waals surface area contributed by atoms with Crippen LogP contribution in [0.3, 0.4) is 0 Å². The van der Waals surface area contributed by atoms with Crippen molar-refractivity contribution < 1.29 is 23.5 Å². The number of hydrogen-bond acceptors (Lipinski definition) is 5. The van der Waals surface area contributed by atoms with Crippen molar-refractivity contribution in [2.45, 2.75) is 20.4 Å². The van der Waals surface area contributed by atoms with Crippen molar-refractivity contribution in [3.8, 4) is 0 Å². The van der Waals surface area contributed by atoms with Gasteiger partial charge in [0.25, 0.3) is 5.91 Å². The van der Waals surface area contributed by atoms with Gasteiger partial charge in [0.1, 0.15) is 5.76 Å². The predicted octanol–water partition coefficient (Wildman–Crippen LogP) is 1.67. The zero-order valence-electron chi connectivity index (χ0n) is 14.1. The van der Waals surface area contributed by atoms with Gasteiger partial charge in [-0.25, -0.2) is 4.79 Å². The topological polar surface area (TPSA) is 82.7 Å². The van der Waals surface area contributed by atoms with Crippen LogP contribution in [0.2, 0.25) is 0 Å². The second-order valence-electron chi connectivity index (χ2n) is 5.37. The molecule has 0 saturated heterocycles. The third-order valence-corrected chi connectivity index (χ3v) is 3.65. The lowest BCUT2D eigenvalue weighted by atomic mass is 10.2. The molecular formula is C17H22N2O5. The first-order valence-corrected chi connectivity index (χ1v) is 7.64. The molecule has 7 nitrogen and oxygen atoms in total. The van der Waals surface area contributed by atoms with Gasteiger partial charge in [-0.05, 0) is 32.0 Å². The van der Waals surface area contributed by atoms with Crippen LogP contribution in [0.1, 0.15) is 27.5 Å². The first-order valence-electron chi connectivity index (χ1n) is 7.64. The summed E-state index contributed by atoms with van der Waals surface area (Å²) in [5.74, 6) is -0.0743. The fourth-order valence-electron chi connectivity index (χ4n) is 2.36. The third kappa shape index (κ3) is 4.48. The molecule has 2 aromatic rings. The fourth-order valence-corrected chi connectivity index (χ4v) is 2.36.